The fourth-order valence-electron chi connectivity index (χ4n) is 2.67. The van der Waals surface area contributed by atoms with Crippen molar-refractivity contribution in [3.63, 3.8) is 0 Å². The first-order chi connectivity index (χ1) is 10.1. The molecule has 1 heterocycles. The fourth-order valence-corrected chi connectivity index (χ4v) is 3.53. The molecular formula is C16H13BrClNO2. The molecule has 0 saturated carbocycles. The Morgan fingerprint density at radius 3 is 2.86 bits per heavy atom. The van der Waals surface area contributed by atoms with Gasteiger partial charge in [0, 0.05) is 21.6 Å². The first-order valence-electron chi connectivity index (χ1n) is 6.65. The monoisotopic (exact) mass is 365 g/mol. The smallest absolute Gasteiger partial charge is 0.258 e. The molecule has 0 fully saturated rings. The minimum absolute atomic E-state index is 0.140. The van der Waals surface area contributed by atoms with Gasteiger partial charge in [-0.25, -0.2) is 0 Å². The van der Waals surface area contributed by atoms with Gasteiger partial charge in [-0.2, -0.15) is 0 Å². The lowest BCUT2D eigenvalue weighted by atomic mass is 10.00. The van der Waals surface area contributed by atoms with Crippen LogP contribution in [0.5, 0.6) is 5.75 Å². The first kappa shape index (κ1) is 14.4. The summed E-state index contributed by atoms with van der Waals surface area (Å²) < 4.78 is 0.757. The largest absolute Gasteiger partial charge is 0.506 e. The number of nitrogens with zero attached hydrogens (tertiary/aromatic N) is 1. The van der Waals surface area contributed by atoms with E-state index in [-0.39, 0.29) is 11.7 Å². The standard InChI is InChI=1S/C16H13BrClNO2/c17-12-7-11(8-13(18)9-12)16(21)19-6-2-4-10-3-1-5-14(20)15(10)19/h1,3,5,7-9,20H,2,4,6H2. The Kier molecular flexibility index (Phi) is 3.91. The number of phenols is 1. The van der Waals surface area contributed by atoms with E-state index in [1.54, 1.807) is 35.2 Å². The van der Waals surface area contributed by atoms with Crippen LogP contribution in [0.2, 0.25) is 5.02 Å². The minimum atomic E-state index is -0.152. The van der Waals surface area contributed by atoms with Crippen LogP contribution in [0, 0.1) is 0 Å². The summed E-state index contributed by atoms with van der Waals surface area (Å²) in [6.07, 6.45) is 1.75. The molecule has 3 nitrogen and oxygen atoms in total. The van der Waals surface area contributed by atoms with E-state index in [9.17, 15) is 9.90 Å². The van der Waals surface area contributed by atoms with Crippen LogP contribution in [0.1, 0.15) is 22.3 Å². The van der Waals surface area contributed by atoms with E-state index in [0.717, 1.165) is 22.9 Å². The number of aromatic hydroxyl groups is 1. The Morgan fingerprint density at radius 1 is 1.29 bits per heavy atom. The molecular weight excluding hydrogens is 354 g/mol. The lowest BCUT2D eigenvalue weighted by molar-refractivity contribution is 0.0984. The second kappa shape index (κ2) is 5.70. The van der Waals surface area contributed by atoms with Gasteiger partial charge in [-0.3, -0.25) is 4.79 Å². The molecule has 0 bridgehead atoms. The third-order valence-electron chi connectivity index (χ3n) is 3.55. The number of amides is 1. The van der Waals surface area contributed by atoms with E-state index in [2.05, 4.69) is 15.9 Å². The summed E-state index contributed by atoms with van der Waals surface area (Å²) >= 11 is 9.36. The molecule has 0 atom stereocenters. The SMILES string of the molecule is O=C(c1cc(Cl)cc(Br)c1)N1CCCc2cccc(O)c21. The third kappa shape index (κ3) is 2.78. The number of benzene rings is 2. The first-order valence-corrected chi connectivity index (χ1v) is 7.82. The van der Waals surface area contributed by atoms with Gasteiger partial charge in [0.1, 0.15) is 5.75 Å². The molecule has 0 radical (unpaired) electrons. The summed E-state index contributed by atoms with van der Waals surface area (Å²) in [5.41, 5.74) is 2.12. The van der Waals surface area contributed by atoms with Gasteiger partial charge in [-0.15, -0.1) is 0 Å². The molecule has 108 valence electrons. The quantitative estimate of drug-likeness (QED) is 0.812. The zero-order valence-electron chi connectivity index (χ0n) is 11.1. The Balaban J connectivity index is 2.04. The summed E-state index contributed by atoms with van der Waals surface area (Å²) in [4.78, 5) is 14.4. The predicted molar refractivity (Wildman–Crippen MR) is 87.3 cm³/mol. The van der Waals surface area contributed by atoms with Crippen LogP contribution in [0.4, 0.5) is 5.69 Å². The van der Waals surface area contributed by atoms with E-state index >= 15 is 0 Å². The van der Waals surface area contributed by atoms with Crippen molar-refractivity contribution in [3.8, 4) is 5.75 Å². The van der Waals surface area contributed by atoms with Crippen LogP contribution >= 0.6 is 27.5 Å². The zero-order chi connectivity index (χ0) is 15.0. The number of hydrogen-bond donors (Lipinski definition) is 1. The van der Waals surface area contributed by atoms with E-state index in [4.69, 9.17) is 11.6 Å². The highest BCUT2D eigenvalue weighted by atomic mass is 79.9. The minimum Gasteiger partial charge on any atom is -0.506 e. The molecule has 1 aliphatic rings. The lowest BCUT2D eigenvalue weighted by Crippen LogP contribution is -2.35. The Bertz CT molecular complexity index is 697. The van der Waals surface area contributed by atoms with Crippen LogP contribution < -0.4 is 4.90 Å². The number of carbonyl (C=O) groups excluding carboxylic acids is 1. The van der Waals surface area contributed by atoms with E-state index < -0.39 is 0 Å². The van der Waals surface area contributed by atoms with Gasteiger partial charge in [-0.1, -0.05) is 39.7 Å². The number of fused-ring (bicyclic) bond motifs is 1. The summed E-state index contributed by atoms with van der Waals surface area (Å²) in [5.74, 6) is -0.0118. The van der Waals surface area contributed by atoms with Crippen molar-refractivity contribution < 1.29 is 9.90 Å². The molecule has 1 N–H and O–H groups in total. The van der Waals surface area contributed by atoms with Crippen molar-refractivity contribution in [2.75, 3.05) is 11.4 Å². The summed E-state index contributed by atoms with van der Waals surface area (Å²) in [7, 11) is 0. The lowest BCUT2D eigenvalue weighted by Gasteiger charge is -2.30. The van der Waals surface area contributed by atoms with Gasteiger partial charge < -0.3 is 10.0 Å². The predicted octanol–water partition coefficient (Wildman–Crippen LogP) is 4.40. The number of aryl methyl sites for hydroxylation is 1. The second-order valence-corrected chi connectivity index (χ2v) is 6.36. The van der Waals surface area contributed by atoms with Crippen molar-refractivity contribution in [2.24, 2.45) is 0 Å². The number of rotatable bonds is 1. The molecule has 0 unspecified atom stereocenters. The van der Waals surface area contributed by atoms with Crippen molar-refractivity contribution in [3.05, 3.63) is 57.0 Å². The summed E-state index contributed by atoms with van der Waals surface area (Å²) in [6.45, 7) is 0.591. The highest BCUT2D eigenvalue weighted by molar-refractivity contribution is 9.10. The molecule has 0 saturated heterocycles. The average Bonchev–Trinajstić information content (AvgIpc) is 2.45. The van der Waals surface area contributed by atoms with Gasteiger partial charge in [0.25, 0.3) is 5.91 Å². The number of anilines is 1. The number of phenolic OH excluding ortho intramolecular Hbond substituents is 1. The molecule has 2 aromatic rings. The maximum atomic E-state index is 12.8. The van der Waals surface area contributed by atoms with Crippen LogP contribution in [0.3, 0.4) is 0 Å². The second-order valence-electron chi connectivity index (χ2n) is 5.00. The summed E-state index contributed by atoms with van der Waals surface area (Å²) in [6, 6.07) is 10.5. The fraction of sp³-hybridized carbons (Fsp3) is 0.188. The van der Waals surface area contributed by atoms with Crippen molar-refractivity contribution in [1.82, 2.24) is 0 Å². The van der Waals surface area contributed by atoms with Crippen molar-refractivity contribution in [2.45, 2.75) is 12.8 Å². The van der Waals surface area contributed by atoms with Gasteiger partial charge in [0.05, 0.1) is 5.69 Å². The number of hydrogen-bond acceptors (Lipinski definition) is 2. The third-order valence-corrected chi connectivity index (χ3v) is 4.23. The van der Waals surface area contributed by atoms with Crippen LogP contribution in [0.15, 0.2) is 40.9 Å². The molecule has 0 aromatic heterocycles. The molecule has 3 rings (SSSR count). The normalized spacial score (nSPS) is 13.9. The maximum Gasteiger partial charge on any atom is 0.258 e. The number of halogens is 2. The zero-order valence-corrected chi connectivity index (χ0v) is 13.5. The van der Waals surface area contributed by atoms with Gasteiger partial charge >= 0.3 is 0 Å². The number of carbonyl (C=O) groups is 1. The number of para-hydroxylation sites is 1. The van der Waals surface area contributed by atoms with Crippen LogP contribution in [0.25, 0.3) is 0 Å². The van der Waals surface area contributed by atoms with Gasteiger partial charge in [0.2, 0.25) is 0 Å². The van der Waals surface area contributed by atoms with Gasteiger partial charge in [-0.05, 0) is 42.7 Å². The van der Waals surface area contributed by atoms with E-state index in [1.165, 1.54) is 0 Å². The van der Waals surface area contributed by atoms with E-state index in [1.807, 2.05) is 6.07 Å². The molecule has 5 heteroatoms. The Morgan fingerprint density at radius 2 is 2.10 bits per heavy atom. The molecule has 1 amide bonds. The topological polar surface area (TPSA) is 40.5 Å². The highest BCUT2D eigenvalue weighted by Crippen LogP contribution is 2.36. The average molecular weight is 367 g/mol. The van der Waals surface area contributed by atoms with Crippen molar-refractivity contribution >= 4 is 39.1 Å². The molecule has 1 aliphatic heterocycles. The summed E-state index contributed by atoms with van der Waals surface area (Å²) in [5, 5.41) is 10.6. The highest BCUT2D eigenvalue weighted by Gasteiger charge is 2.26. The molecule has 0 aliphatic carbocycles. The molecule has 21 heavy (non-hydrogen) atoms. The maximum absolute atomic E-state index is 12.8. The van der Waals surface area contributed by atoms with Crippen molar-refractivity contribution in [1.29, 1.82) is 0 Å². The Hall–Kier alpha value is -1.52. The van der Waals surface area contributed by atoms with Crippen LogP contribution in [-0.4, -0.2) is 17.6 Å². The van der Waals surface area contributed by atoms with E-state index in [0.29, 0.717) is 22.8 Å². The van der Waals surface area contributed by atoms with Crippen LogP contribution in [-0.2, 0) is 6.42 Å². The molecule has 0 spiro atoms. The Labute approximate surface area is 136 Å². The van der Waals surface area contributed by atoms with Gasteiger partial charge in [0.15, 0.2) is 0 Å². The molecule has 2 aromatic carbocycles.